The summed E-state index contributed by atoms with van der Waals surface area (Å²) in [5, 5.41) is 8.37. The van der Waals surface area contributed by atoms with Crippen molar-refractivity contribution in [1.29, 1.82) is 5.26 Å². The number of rotatable bonds is 2. The maximum atomic E-state index is 8.20. The summed E-state index contributed by atoms with van der Waals surface area (Å²) in [7, 11) is 0. The molecule has 0 heterocycles. The molecule has 0 aliphatic heterocycles. The zero-order chi connectivity index (χ0) is 5.70. The Balaban J connectivity index is 3.04. The van der Waals surface area contributed by atoms with E-state index in [2.05, 4.69) is 13.0 Å². The van der Waals surface area contributed by atoms with Crippen LogP contribution in [-0.2, 0) is 0 Å². The second-order valence-electron chi connectivity index (χ2n) is 1.23. The highest BCUT2D eigenvalue weighted by Crippen LogP contribution is 2.06. The van der Waals surface area contributed by atoms with Crippen LogP contribution in [-0.4, -0.2) is 11.0 Å². The lowest BCUT2D eigenvalue weighted by Gasteiger charge is -1.93. The molecule has 2 heteroatoms. The molecule has 0 saturated carbocycles. The van der Waals surface area contributed by atoms with Crippen LogP contribution in [0.3, 0.4) is 0 Å². The molecule has 0 rings (SSSR count). The molecule has 0 aromatic rings. The predicted octanol–water partition coefficient (Wildman–Crippen LogP) is 1.65. The third-order valence-corrected chi connectivity index (χ3v) is 1.54. The van der Waals surface area contributed by atoms with Gasteiger partial charge in [0.2, 0.25) is 0 Å². The van der Waals surface area contributed by atoms with E-state index in [1.54, 1.807) is 11.8 Å². The minimum absolute atomic E-state index is 0.171. The van der Waals surface area contributed by atoms with Crippen molar-refractivity contribution in [2.24, 2.45) is 0 Å². The van der Waals surface area contributed by atoms with Crippen LogP contribution in [0, 0.1) is 11.3 Å². The van der Waals surface area contributed by atoms with Gasteiger partial charge in [-0.15, -0.1) is 11.8 Å². The molecule has 0 bridgehead atoms. The van der Waals surface area contributed by atoms with Crippen molar-refractivity contribution in [2.45, 2.75) is 19.1 Å². The van der Waals surface area contributed by atoms with E-state index >= 15 is 0 Å². The number of nitrogens with zero attached hydrogens (tertiary/aromatic N) is 1. The lowest BCUT2D eigenvalue weighted by Crippen LogP contribution is -1.88. The van der Waals surface area contributed by atoms with Gasteiger partial charge in [-0.05, 0) is 12.7 Å². The largest absolute Gasteiger partial charge is 0.197 e. The fourth-order valence-corrected chi connectivity index (χ4v) is 0.862. The number of hydrogen-bond donors (Lipinski definition) is 0. The van der Waals surface area contributed by atoms with Crippen molar-refractivity contribution in [3.63, 3.8) is 0 Å². The second kappa shape index (κ2) is 4.01. The Morgan fingerprint density at radius 2 is 2.43 bits per heavy atom. The van der Waals surface area contributed by atoms with Crippen molar-refractivity contribution < 1.29 is 0 Å². The minimum Gasteiger partial charge on any atom is -0.197 e. The SMILES string of the molecule is CCS[C@H](C)C#N. The number of thioether (sulfide) groups is 1. The maximum absolute atomic E-state index is 8.20. The topological polar surface area (TPSA) is 23.8 Å². The Morgan fingerprint density at radius 1 is 1.86 bits per heavy atom. The van der Waals surface area contributed by atoms with Gasteiger partial charge in [0.15, 0.2) is 0 Å². The van der Waals surface area contributed by atoms with E-state index in [0.29, 0.717) is 0 Å². The van der Waals surface area contributed by atoms with E-state index in [1.165, 1.54) is 0 Å². The van der Waals surface area contributed by atoms with Crippen LogP contribution in [0.15, 0.2) is 0 Å². The molecule has 0 amide bonds. The lowest BCUT2D eigenvalue weighted by atomic mass is 10.5. The summed E-state index contributed by atoms with van der Waals surface area (Å²) in [4.78, 5) is 0. The Kier molecular flexibility index (Phi) is 3.92. The standard InChI is InChI=1S/C5H9NS/c1-3-7-5(2)4-6/h5H,3H2,1-2H3/t5-/m1/s1. The highest BCUT2D eigenvalue weighted by atomic mass is 32.2. The first kappa shape index (κ1) is 6.84. The van der Waals surface area contributed by atoms with Crippen LogP contribution in [0.2, 0.25) is 0 Å². The van der Waals surface area contributed by atoms with Crippen LogP contribution in [0.4, 0.5) is 0 Å². The van der Waals surface area contributed by atoms with E-state index in [1.807, 2.05) is 6.92 Å². The summed E-state index contributed by atoms with van der Waals surface area (Å²) < 4.78 is 0. The van der Waals surface area contributed by atoms with Crippen LogP contribution in [0.25, 0.3) is 0 Å². The molecular formula is C5H9NS. The Hall–Kier alpha value is -0.160. The first-order valence-electron chi connectivity index (χ1n) is 2.32. The first-order chi connectivity index (χ1) is 3.31. The van der Waals surface area contributed by atoms with Crippen molar-refractivity contribution in [2.75, 3.05) is 5.75 Å². The smallest absolute Gasteiger partial charge is 0.0888 e. The third kappa shape index (κ3) is 3.68. The quantitative estimate of drug-likeness (QED) is 0.546. The monoisotopic (exact) mass is 115 g/mol. The summed E-state index contributed by atoms with van der Waals surface area (Å²) in [6.45, 7) is 3.96. The highest BCUT2D eigenvalue weighted by molar-refractivity contribution is 8.00. The molecule has 0 aromatic carbocycles. The van der Waals surface area contributed by atoms with Crippen LogP contribution in [0.5, 0.6) is 0 Å². The van der Waals surface area contributed by atoms with Gasteiger partial charge in [-0.2, -0.15) is 5.26 Å². The van der Waals surface area contributed by atoms with Crippen LogP contribution >= 0.6 is 11.8 Å². The minimum atomic E-state index is 0.171. The highest BCUT2D eigenvalue weighted by Gasteiger charge is 1.93. The van der Waals surface area contributed by atoms with E-state index in [9.17, 15) is 0 Å². The van der Waals surface area contributed by atoms with Gasteiger partial charge in [-0.25, -0.2) is 0 Å². The Morgan fingerprint density at radius 3 is 2.57 bits per heavy atom. The molecular weight excluding hydrogens is 106 g/mol. The zero-order valence-corrected chi connectivity index (χ0v) is 5.46. The predicted molar refractivity (Wildman–Crippen MR) is 33.2 cm³/mol. The maximum Gasteiger partial charge on any atom is 0.0888 e. The van der Waals surface area contributed by atoms with Crippen molar-refractivity contribution in [3.8, 4) is 6.07 Å². The van der Waals surface area contributed by atoms with Crippen molar-refractivity contribution in [1.82, 2.24) is 0 Å². The molecule has 0 unspecified atom stereocenters. The number of hydrogen-bond acceptors (Lipinski definition) is 2. The third-order valence-electron chi connectivity index (χ3n) is 0.598. The van der Waals surface area contributed by atoms with Gasteiger partial charge in [0, 0.05) is 0 Å². The van der Waals surface area contributed by atoms with E-state index in [0.717, 1.165) is 5.75 Å². The normalized spacial score (nSPS) is 12.7. The molecule has 0 N–H and O–H groups in total. The molecule has 0 radical (unpaired) electrons. The second-order valence-corrected chi connectivity index (χ2v) is 2.84. The fourth-order valence-electron chi connectivity index (χ4n) is 0.287. The average Bonchev–Trinajstić information content (AvgIpc) is 1.68. The summed E-state index contributed by atoms with van der Waals surface area (Å²) >= 11 is 1.67. The Bertz CT molecular complexity index is 74.6. The Labute approximate surface area is 48.7 Å². The summed E-state index contributed by atoms with van der Waals surface area (Å²) in [6, 6.07) is 2.13. The summed E-state index contributed by atoms with van der Waals surface area (Å²) in [5.74, 6) is 1.04. The van der Waals surface area contributed by atoms with E-state index < -0.39 is 0 Å². The van der Waals surface area contributed by atoms with Crippen LogP contribution in [0.1, 0.15) is 13.8 Å². The molecule has 1 nitrogen and oxygen atoms in total. The fraction of sp³-hybridized carbons (Fsp3) is 0.800. The van der Waals surface area contributed by atoms with Gasteiger partial charge in [-0.3, -0.25) is 0 Å². The van der Waals surface area contributed by atoms with Crippen LogP contribution < -0.4 is 0 Å². The average molecular weight is 115 g/mol. The molecule has 0 aromatic heterocycles. The molecule has 0 fully saturated rings. The van der Waals surface area contributed by atoms with Gasteiger partial charge >= 0.3 is 0 Å². The van der Waals surface area contributed by atoms with Gasteiger partial charge in [0.05, 0.1) is 11.3 Å². The molecule has 0 aliphatic carbocycles. The molecule has 1 atom stereocenters. The van der Waals surface area contributed by atoms with Gasteiger partial charge in [0.25, 0.3) is 0 Å². The lowest BCUT2D eigenvalue weighted by molar-refractivity contribution is 1.24. The zero-order valence-electron chi connectivity index (χ0n) is 4.64. The molecule has 0 aliphatic rings. The van der Waals surface area contributed by atoms with Gasteiger partial charge < -0.3 is 0 Å². The summed E-state index contributed by atoms with van der Waals surface area (Å²) in [5.41, 5.74) is 0. The molecule has 7 heavy (non-hydrogen) atoms. The summed E-state index contributed by atoms with van der Waals surface area (Å²) in [6.07, 6.45) is 0. The van der Waals surface area contributed by atoms with Crippen molar-refractivity contribution in [3.05, 3.63) is 0 Å². The molecule has 0 spiro atoms. The van der Waals surface area contributed by atoms with Gasteiger partial charge in [0.1, 0.15) is 0 Å². The first-order valence-corrected chi connectivity index (χ1v) is 3.37. The molecule has 40 valence electrons. The van der Waals surface area contributed by atoms with Gasteiger partial charge in [-0.1, -0.05) is 6.92 Å². The number of nitriles is 1. The molecule has 0 saturated heterocycles. The van der Waals surface area contributed by atoms with Crippen molar-refractivity contribution >= 4 is 11.8 Å². The van der Waals surface area contributed by atoms with E-state index in [-0.39, 0.29) is 5.25 Å². The van der Waals surface area contributed by atoms with E-state index in [4.69, 9.17) is 5.26 Å².